The van der Waals surface area contributed by atoms with Crippen LogP contribution in [0.1, 0.15) is 26.2 Å². The predicted octanol–water partition coefficient (Wildman–Crippen LogP) is 0.464. The third-order valence-corrected chi connectivity index (χ3v) is 2.43. The van der Waals surface area contributed by atoms with Gasteiger partial charge < -0.3 is 10.1 Å². The summed E-state index contributed by atoms with van der Waals surface area (Å²) in [6.45, 7) is 2.01. The van der Waals surface area contributed by atoms with Crippen LogP contribution in [0.3, 0.4) is 0 Å². The number of carbonyl (C=O) groups excluding carboxylic acids is 2. The lowest BCUT2D eigenvalue weighted by Gasteiger charge is -2.13. The fraction of sp³-hybridized carbons (Fsp3) is 0.778. The second-order valence-electron chi connectivity index (χ2n) is 3.47. The van der Waals surface area contributed by atoms with Gasteiger partial charge in [-0.05, 0) is 12.3 Å². The SMILES string of the molecule is COC(=O)CCC1NC(=O)CC1C. The second-order valence-corrected chi connectivity index (χ2v) is 3.47. The van der Waals surface area contributed by atoms with E-state index in [1.165, 1.54) is 7.11 Å². The minimum atomic E-state index is -0.214. The van der Waals surface area contributed by atoms with Crippen molar-refractivity contribution in [2.75, 3.05) is 7.11 Å². The van der Waals surface area contributed by atoms with Crippen LogP contribution in [0.2, 0.25) is 0 Å². The Balaban J connectivity index is 2.29. The number of hydrogen-bond donors (Lipinski definition) is 1. The maximum Gasteiger partial charge on any atom is 0.305 e. The zero-order chi connectivity index (χ0) is 9.84. The van der Waals surface area contributed by atoms with Gasteiger partial charge in [-0.25, -0.2) is 0 Å². The average molecular weight is 185 g/mol. The number of carbonyl (C=O) groups is 2. The van der Waals surface area contributed by atoms with Crippen molar-refractivity contribution in [3.8, 4) is 0 Å². The number of methoxy groups -OCH3 is 1. The zero-order valence-electron chi connectivity index (χ0n) is 8.00. The molecule has 0 bridgehead atoms. The molecule has 1 saturated heterocycles. The van der Waals surface area contributed by atoms with Gasteiger partial charge in [0.1, 0.15) is 0 Å². The number of amides is 1. The molecule has 74 valence electrons. The molecule has 13 heavy (non-hydrogen) atoms. The summed E-state index contributed by atoms with van der Waals surface area (Å²) in [5.74, 6) is 0.202. The Kier molecular flexibility index (Phi) is 3.28. The Bertz CT molecular complexity index is 215. The van der Waals surface area contributed by atoms with Gasteiger partial charge in [0.15, 0.2) is 0 Å². The first-order valence-corrected chi connectivity index (χ1v) is 4.49. The molecule has 1 amide bonds. The summed E-state index contributed by atoms with van der Waals surface area (Å²) >= 11 is 0. The summed E-state index contributed by atoms with van der Waals surface area (Å²) in [6.07, 6.45) is 1.64. The molecule has 0 aromatic rings. The van der Waals surface area contributed by atoms with Crippen LogP contribution in [-0.2, 0) is 14.3 Å². The van der Waals surface area contributed by atoms with E-state index in [1.807, 2.05) is 6.92 Å². The third-order valence-electron chi connectivity index (χ3n) is 2.43. The lowest BCUT2D eigenvalue weighted by atomic mass is 9.99. The average Bonchev–Trinajstić information content (AvgIpc) is 2.41. The largest absolute Gasteiger partial charge is 0.469 e. The van der Waals surface area contributed by atoms with Crippen molar-refractivity contribution >= 4 is 11.9 Å². The van der Waals surface area contributed by atoms with Gasteiger partial charge in [-0.3, -0.25) is 9.59 Å². The molecular weight excluding hydrogens is 170 g/mol. The molecule has 0 spiro atoms. The Morgan fingerprint density at radius 3 is 2.85 bits per heavy atom. The molecule has 2 atom stereocenters. The van der Waals surface area contributed by atoms with Crippen molar-refractivity contribution in [3.05, 3.63) is 0 Å². The maximum absolute atomic E-state index is 11.0. The van der Waals surface area contributed by atoms with E-state index in [2.05, 4.69) is 10.1 Å². The highest BCUT2D eigenvalue weighted by Gasteiger charge is 2.28. The quantitative estimate of drug-likeness (QED) is 0.650. The van der Waals surface area contributed by atoms with Gasteiger partial charge in [0.05, 0.1) is 7.11 Å². The van der Waals surface area contributed by atoms with Gasteiger partial charge in [0.2, 0.25) is 5.91 Å². The molecule has 2 unspecified atom stereocenters. The molecule has 1 aliphatic heterocycles. The first-order chi connectivity index (χ1) is 6.13. The van der Waals surface area contributed by atoms with Crippen molar-refractivity contribution in [2.45, 2.75) is 32.2 Å². The first kappa shape index (κ1) is 10.0. The van der Waals surface area contributed by atoms with Crippen LogP contribution in [0, 0.1) is 5.92 Å². The highest BCUT2D eigenvalue weighted by molar-refractivity contribution is 5.79. The van der Waals surface area contributed by atoms with Gasteiger partial charge >= 0.3 is 5.97 Å². The summed E-state index contributed by atoms with van der Waals surface area (Å²) < 4.78 is 4.52. The van der Waals surface area contributed by atoms with Crippen molar-refractivity contribution in [1.29, 1.82) is 0 Å². The fourth-order valence-corrected chi connectivity index (χ4v) is 1.57. The predicted molar refractivity (Wildman–Crippen MR) is 47.0 cm³/mol. The van der Waals surface area contributed by atoms with Crippen LogP contribution in [-0.4, -0.2) is 25.0 Å². The number of ether oxygens (including phenoxy) is 1. The monoisotopic (exact) mass is 185 g/mol. The van der Waals surface area contributed by atoms with Gasteiger partial charge in [-0.15, -0.1) is 0 Å². The van der Waals surface area contributed by atoms with E-state index in [9.17, 15) is 9.59 Å². The van der Waals surface area contributed by atoms with Gasteiger partial charge in [0.25, 0.3) is 0 Å². The Morgan fingerprint density at radius 1 is 1.69 bits per heavy atom. The maximum atomic E-state index is 11.0. The lowest BCUT2D eigenvalue weighted by Crippen LogP contribution is -2.28. The van der Waals surface area contributed by atoms with Crippen molar-refractivity contribution in [2.24, 2.45) is 5.92 Å². The fourth-order valence-electron chi connectivity index (χ4n) is 1.57. The molecule has 1 N–H and O–H groups in total. The molecule has 1 rings (SSSR count). The highest BCUT2D eigenvalue weighted by atomic mass is 16.5. The number of nitrogens with one attached hydrogen (secondary N) is 1. The van der Waals surface area contributed by atoms with Gasteiger partial charge in [0, 0.05) is 18.9 Å². The molecule has 1 heterocycles. The van der Waals surface area contributed by atoms with Crippen LogP contribution < -0.4 is 5.32 Å². The Hall–Kier alpha value is -1.06. The van der Waals surface area contributed by atoms with E-state index in [1.54, 1.807) is 0 Å². The summed E-state index contributed by atoms with van der Waals surface area (Å²) in [7, 11) is 1.37. The molecule has 0 aliphatic carbocycles. The number of hydrogen-bond acceptors (Lipinski definition) is 3. The van der Waals surface area contributed by atoms with E-state index in [0.717, 1.165) is 0 Å². The Labute approximate surface area is 77.6 Å². The molecule has 0 aromatic heterocycles. The minimum absolute atomic E-state index is 0.0855. The van der Waals surface area contributed by atoms with Crippen molar-refractivity contribution < 1.29 is 14.3 Å². The molecule has 4 nitrogen and oxygen atoms in total. The normalized spacial score (nSPS) is 27.1. The van der Waals surface area contributed by atoms with Crippen LogP contribution in [0.5, 0.6) is 0 Å². The van der Waals surface area contributed by atoms with E-state index >= 15 is 0 Å². The molecule has 1 aliphatic rings. The van der Waals surface area contributed by atoms with Crippen LogP contribution >= 0.6 is 0 Å². The molecule has 0 radical (unpaired) electrons. The minimum Gasteiger partial charge on any atom is -0.469 e. The number of esters is 1. The summed E-state index contributed by atoms with van der Waals surface area (Å²) in [4.78, 5) is 21.8. The third kappa shape index (κ3) is 2.72. The van der Waals surface area contributed by atoms with Gasteiger partial charge in [-0.2, -0.15) is 0 Å². The first-order valence-electron chi connectivity index (χ1n) is 4.49. The zero-order valence-corrected chi connectivity index (χ0v) is 8.00. The standard InChI is InChI=1S/C9H15NO3/c1-6-5-8(11)10-7(6)3-4-9(12)13-2/h6-7H,3-5H2,1-2H3,(H,10,11). The summed E-state index contributed by atoms with van der Waals surface area (Å²) in [5, 5.41) is 2.84. The van der Waals surface area contributed by atoms with Crippen LogP contribution in [0.25, 0.3) is 0 Å². The topological polar surface area (TPSA) is 55.4 Å². The molecule has 0 saturated carbocycles. The highest BCUT2D eigenvalue weighted by Crippen LogP contribution is 2.19. The van der Waals surface area contributed by atoms with Crippen LogP contribution in [0.4, 0.5) is 0 Å². The van der Waals surface area contributed by atoms with E-state index < -0.39 is 0 Å². The smallest absolute Gasteiger partial charge is 0.305 e. The van der Waals surface area contributed by atoms with Gasteiger partial charge in [-0.1, -0.05) is 6.92 Å². The molecule has 1 fully saturated rings. The van der Waals surface area contributed by atoms with E-state index in [-0.39, 0.29) is 17.9 Å². The lowest BCUT2D eigenvalue weighted by molar-refractivity contribution is -0.141. The van der Waals surface area contributed by atoms with E-state index in [4.69, 9.17) is 0 Å². The van der Waals surface area contributed by atoms with E-state index in [0.29, 0.717) is 25.2 Å². The number of rotatable bonds is 3. The van der Waals surface area contributed by atoms with Crippen molar-refractivity contribution in [3.63, 3.8) is 0 Å². The molecule has 4 heteroatoms. The van der Waals surface area contributed by atoms with Crippen molar-refractivity contribution in [1.82, 2.24) is 5.32 Å². The molecule has 0 aromatic carbocycles. The van der Waals surface area contributed by atoms with Crippen LogP contribution in [0.15, 0.2) is 0 Å². The second kappa shape index (κ2) is 4.25. The summed E-state index contributed by atoms with van der Waals surface area (Å²) in [6, 6.07) is 0.145. The molecular formula is C9H15NO3. The Morgan fingerprint density at radius 2 is 2.38 bits per heavy atom. The summed E-state index contributed by atoms with van der Waals surface area (Å²) in [5.41, 5.74) is 0.